The molecule has 0 aliphatic carbocycles. The Morgan fingerprint density at radius 2 is 0.576 bits per heavy atom. The van der Waals surface area contributed by atoms with Crippen LogP contribution in [-0.4, -0.2) is 0 Å². The number of hydrogen-bond acceptors (Lipinski definition) is 1. The van der Waals surface area contributed by atoms with E-state index in [0.717, 1.165) is 28.2 Å². The van der Waals surface area contributed by atoms with Gasteiger partial charge in [0.1, 0.15) is 0 Å². The highest BCUT2D eigenvalue weighted by Crippen LogP contribution is 2.44. The molecule has 0 atom stereocenters. The van der Waals surface area contributed by atoms with E-state index < -0.39 is 0 Å². The van der Waals surface area contributed by atoms with Crippen LogP contribution in [0.15, 0.2) is 249 Å². The van der Waals surface area contributed by atoms with Crippen LogP contribution in [0.4, 0.5) is 17.1 Å². The van der Waals surface area contributed by atoms with Crippen LogP contribution in [0.3, 0.4) is 0 Å². The van der Waals surface area contributed by atoms with Gasteiger partial charge in [0.05, 0.1) is 5.69 Å². The fourth-order valence-electron chi connectivity index (χ4n) is 8.24. The van der Waals surface area contributed by atoms with Gasteiger partial charge < -0.3 is 4.90 Å². The van der Waals surface area contributed by atoms with Gasteiger partial charge in [-0.05, 0) is 114 Å². The predicted octanol–water partition coefficient (Wildman–Crippen LogP) is 16.3. The SMILES string of the molecule is c1ccc(-c2ccc(N(c3ccc(-c4ccc(-c5ccccc5)c(-c5ccccc5)c4)cc3)c3cc(-c4ccc5ccccc5c4)ccc3-c3ccccc3)cc2)cc1. The van der Waals surface area contributed by atoms with Crippen molar-refractivity contribution >= 4 is 27.8 Å². The molecule has 1 heteroatoms. The summed E-state index contributed by atoms with van der Waals surface area (Å²) in [5.74, 6) is 0. The summed E-state index contributed by atoms with van der Waals surface area (Å²) in [6, 6.07) is 89.9. The predicted molar refractivity (Wildman–Crippen MR) is 251 cm³/mol. The molecule has 10 aromatic rings. The molecule has 0 aliphatic rings. The number of anilines is 3. The van der Waals surface area contributed by atoms with Gasteiger partial charge in [0, 0.05) is 16.9 Å². The van der Waals surface area contributed by atoms with Crippen LogP contribution >= 0.6 is 0 Å². The molecule has 0 saturated carbocycles. The molecule has 0 aliphatic heterocycles. The fraction of sp³-hybridized carbons (Fsp3) is 0. The van der Waals surface area contributed by atoms with Crippen LogP contribution in [0.2, 0.25) is 0 Å². The molecule has 10 rings (SSSR count). The highest BCUT2D eigenvalue weighted by molar-refractivity contribution is 5.94. The highest BCUT2D eigenvalue weighted by atomic mass is 15.1. The van der Waals surface area contributed by atoms with Gasteiger partial charge in [-0.1, -0.05) is 206 Å². The summed E-state index contributed by atoms with van der Waals surface area (Å²) >= 11 is 0. The zero-order chi connectivity index (χ0) is 39.4. The van der Waals surface area contributed by atoms with E-state index in [2.05, 4.69) is 254 Å². The molecule has 0 amide bonds. The lowest BCUT2D eigenvalue weighted by Crippen LogP contribution is -2.11. The maximum Gasteiger partial charge on any atom is 0.0546 e. The molecule has 0 saturated heterocycles. The first kappa shape index (κ1) is 35.7. The van der Waals surface area contributed by atoms with Crippen LogP contribution in [0.1, 0.15) is 0 Å². The van der Waals surface area contributed by atoms with Crippen molar-refractivity contribution in [1.82, 2.24) is 0 Å². The van der Waals surface area contributed by atoms with Crippen molar-refractivity contribution in [2.24, 2.45) is 0 Å². The molecule has 0 unspecified atom stereocenters. The normalized spacial score (nSPS) is 11.1. The Labute approximate surface area is 346 Å². The molecular weight excluding hydrogens is 711 g/mol. The second kappa shape index (κ2) is 16.0. The molecule has 0 heterocycles. The molecule has 10 aromatic carbocycles. The largest absolute Gasteiger partial charge is 0.310 e. The van der Waals surface area contributed by atoms with Crippen molar-refractivity contribution < 1.29 is 0 Å². The average molecular weight is 752 g/mol. The monoisotopic (exact) mass is 751 g/mol. The molecule has 0 N–H and O–H groups in total. The molecule has 0 radical (unpaired) electrons. The smallest absolute Gasteiger partial charge is 0.0546 e. The van der Waals surface area contributed by atoms with Crippen molar-refractivity contribution in [3.8, 4) is 66.8 Å². The van der Waals surface area contributed by atoms with Gasteiger partial charge in [-0.15, -0.1) is 0 Å². The molecule has 0 spiro atoms. The van der Waals surface area contributed by atoms with E-state index in [0.29, 0.717) is 0 Å². The van der Waals surface area contributed by atoms with Gasteiger partial charge in [-0.2, -0.15) is 0 Å². The molecule has 0 fully saturated rings. The zero-order valence-corrected chi connectivity index (χ0v) is 32.6. The molecule has 278 valence electrons. The lowest BCUT2D eigenvalue weighted by atomic mass is 9.91. The van der Waals surface area contributed by atoms with Crippen LogP contribution < -0.4 is 4.90 Å². The highest BCUT2D eigenvalue weighted by Gasteiger charge is 2.20. The van der Waals surface area contributed by atoms with Crippen molar-refractivity contribution in [1.29, 1.82) is 0 Å². The molecule has 1 nitrogen and oxygen atoms in total. The summed E-state index contributed by atoms with van der Waals surface area (Å²) in [6.45, 7) is 0. The summed E-state index contributed by atoms with van der Waals surface area (Å²) in [4.78, 5) is 2.42. The summed E-state index contributed by atoms with van der Waals surface area (Å²) in [7, 11) is 0. The van der Waals surface area contributed by atoms with E-state index in [-0.39, 0.29) is 0 Å². The first-order valence-corrected chi connectivity index (χ1v) is 20.2. The third-order valence-electron chi connectivity index (χ3n) is 11.3. The molecule has 0 aromatic heterocycles. The van der Waals surface area contributed by atoms with Crippen molar-refractivity contribution in [3.63, 3.8) is 0 Å². The minimum atomic E-state index is 1.08. The number of benzene rings is 10. The Morgan fingerprint density at radius 3 is 1.15 bits per heavy atom. The third-order valence-corrected chi connectivity index (χ3v) is 11.3. The van der Waals surface area contributed by atoms with Crippen LogP contribution in [0.5, 0.6) is 0 Å². The Hall–Kier alpha value is -7.74. The first-order valence-electron chi connectivity index (χ1n) is 20.2. The maximum atomic E-state index is 2.42. The van der Waals surface area contributed by atoms with Gasteiger partial charge in [0.25, 0.3) is 0 Å². The lowest BCUT2D eigenvalue weighted by Gasteiger charge is -2.29. The standard InChI is InChI=1S/C58H41N/c1-5-15-42(16-6-1)44-27-33-53(34-28-44)59(58-41-52(32-38-56(58)47-20-9-3-10-21-47)50-26-25-43-17-13-14-24-49(43)39-50)54-35-29-45(30-36-54)51-31-37-55(46-18-7-2-8-19-46)57(40-51)48-22-11-4-12-23-48/h1-41H. The van der Waals surface area contributed by atoms with Gasteiger partial charge in [0.2, 0.25) is 0 Å². The van der Waals surface area contributed by atoms with Crippen LogP contribution in [-0.2, 0) is 0 Å². The quantitative estimate of drug-likeness (QED) is 0.142. The first-order chi connectivity index (χ1) is 29.2. The second-order valence-corrected chi connectivity index (χ2v) is 14.9. The fourth-order valence-corrected chi connectivity index (χ4v) is 8.24. The van der Waals surface area contributed by atoms with Crippen molar-refractivity contribution in [2.75, 3.05) is 4.90 Å². The van der Waals surface area contributed by atoms with Gasteiger partial charge in [-0.25, -0.2) is 0 Å². The van der Waals surface area contributed by atoms with E-state index in [1.807, 2.05) is 0 Å². The molecular formula is C58H41N. The van der Waals surface area contributed by atoms with E-state index in [9.17, 15) is 0 Å². The Kier molecular flexibility index (Phi) is 9.68. The number of fused-ring (bicyclic) bond motifs is 1. The summed E-state index contributed by atoms with van der Waals surface area (Å²) < 4.78 is 0. The number of hydrogen-bond donors (Lipinski definition) is 0. The van der Waals surface area contributed by atoms with Gasteiger partial charge in [0.15, 0.2) is 0 Å². The van der Waals surface area contributed by atoms with Crippen LogP contribution in [0.25, 0.3) is 77.5 Å². The Bertz CT molecular complexity index is 2990. The topological polar surface area (TPSA) is 3.24 Å². The number of nitrogens with zero attached hydrogens (tertiary/aromatic N) is 1. The van der Waals surface area contributed by atoms with Crippen LogP contribution in [0, 0.1) is 0 Å². The minimum absolute atomic E-state index is 1.08. The average Bonchev–Trinajstić information content (AvgIpc) is 3.33. The third kappa shape index (κ3) is 7.34. The van der Waals surface area contributed by atoms with Gasteiger partial charge >= 0.3 is 0 Å². The van der Waals surface area contributed by atoms with E-state index >= 15 is 0 Å². The van der Waals surface area contributed by atoms with Crippen molar-refractivity contribution in [2.45, 2.75) is 0 Å². The Balaban J connectivity index is 1.12. The lowest BCUT2D eigenvalue weighted by molar-refractivity contribution is 1.28. The number of rotatable bonds is 9. The Morgan fingerprint density at radius 1 is 0.203 bits per heavy atom. The van der Waals surface area contributed by atoms with Gasteiger partial charge in [-0.3, -0.25) is 0 Å². The second-order valence-electron chi connectivity index (χ2n) is 14.9. The van der Waals surface area contributed by atoms with E-state index in [4.69, 9.17) is 0 Å². The summed E-state index contributed by atoms with van der Waals surface area (Å²) in [5, 5.41) is 2.47. The zero-order valence-electron chi connectivity index (χ0n) is 32.6. The summed E-state index contributed by atoms with van der Waals surface area (Å²) in [5.41, 5.74) is 17.6. The minimum Gasteiger partial charge on any atom is -0.310 e. The summed E-state index contributed by atoms with van der Waals surface area (Å²) in [6.07, 6.45) is 0. The molecule has 0 bridgehead atoms. The van der Waals surface area contributed by atoms with Crippen molar-refractivity contribution in [3.05, 3.63) is 249 Å². The van der Waals surface area contributed by atoms with E-state index in [1.165, 1.54) is 66.4 Å². The molecule has 59 heavy (non-hydrogen) atoms. The maximum absolute atomic E-state index is 2.42. The van der Waals surface area contributed by atoms with E-state index in [1.54, 1.807) is 0 Å².